The Bertz CT molecular complexity index is 688. The van der Waals surface area contributed by atoms with E-state index in [0.717, 1.165) is 31.7 Å². The Morgan fingerprint density at radius 1 is 1.12 bits per heavy atom. The SMILES string of the molecule is O=S(=O)(C1CC1)N1CC[C@H](Oc2cc(N3CCOCC3)ncn2)C1. The molecule has 2 aliphatic heterocycles. The lowest BCUT2D eigenvalue weighted by Crippen LogP contribution is -2.36. The lowest BCUT2D eigenvalue weighted by molar-refractivity contribution is 0.122. The smallest absolute Gasteiger partial charge is 0.218 e. The second-order valence-corrected chi connectivity index (χ2v) is 8.66. The molecule has 24 heavy (non-hydrogen) atoms. The van der Waals surface area contributed by atoms with Crippen molar-refractivity contribution in [2.24, 2.45) is 0 Å². The number of morpholine rings is 1. The summed E-state index contributed by atoms with van der Waals surface area (Å²) in [6.45, 7) is 3.93. The zero-order valence-corrected chi connectivity index (χ0v) is 14.3. The van der Waals surface area contributed by atoms with Crippen LogP contribution >= 0.6 is 0 Å². The van der Waals surface area contributed by atoms with Gasteiger partial charge in [0.25, 0.3) is 0 Å². The lowest BCUT2D eigenvalue weighted by atomic mass is 10.3. The molecule has 0 radical (unpaired) electrons. The Hall–Kier alpha value is -1.45. The zero-order chi connectivity index (χ0) is 16.6. The monoisotopic (exact) mass is 354 g/mol. The molecule has 0 unspecified atom stereocenters. The number of sulfonamides is 1. The summed E-state index contributed by atoms with van der Waals surface area (Å²) in [6, 6.07) is 1.82. The molecule has 1 atom stereocenters. The van der Waals surface area contributed by atoms with Gasteiger partial charge in [-0.15, -0.1) is 0 Å². The third kappa shape index (κ3) is 3.33. The predicted octanol–water partition coefficient (Wildman–Crippen LogP) is 0.259. The number of hydrogen-bond acceptors (Lipinski definition) is 7. The average molecular weight is 354 g/mol. The minimum Gasteiger partial charge on any atom is -0.473 e. The third-order valence-corrected chi connectivity index (χ3v) is 7.03. The summed E-state index contributed by atoms with van der Waals surface area (Å²) in [5, 5.41) is -0.164. The Kier molecular flexibility index (Phi) is 4.31. The number of rotatable bonds is 5. The van der Waals surface area contributed by atoms with Gasteiger partial charge in [-0.05, 0) is 19.3 Å². The Morgan fingerprint density at radius 2 is 1.92 bits per heavy atom. The number of nitrogens with zero attached hydrogens (tertiary/aromatic N) is 4. The Labute approximate surface area is 141 Å². The molecule has 1 aliphatic carbocycles. The molecule has 0 N–H and O–H groups in total. The molecule has 0 spiro atoms. The second-order valence-electron chi connectivity index (χ2n) is 6.44. The van der Waals surface area contributed by atoms with Crippen LogP contribution in [0.5, 0.6) is 5.88 Å². The quantitative estimate of drug-likeness (QED) is 0.750. The molecule has 9 heteroatoms. The minimum atomic E-state index is -3.12. The fraction of sp³-hybridized carbons (Fsp3) is 0.733. The van der Waals surface area contributed by atoms with Gasteiger partial charge in [-0.2, -0.15) is 4.31 Å². The van der Waals surface area contributed by atoms with Gasteiger partial charge >= 0.3 is 0 Å². The van der Waals surface area contributed by atoms with E-state index in [1.807, 2.05) is 6.07 Å². The Morgan fingerprint density at radius 3 is 2.67 bits per heavy atom. The van der Waals surface area contributed by atoms with E-state index in [0.29, 0.717) is 38.6 Å². The predicted molar refractivity (Wildman–Crippen MR) is 87.6 cm³/mol. The van der Waals surface area contributed by atoms with E-state index in [1.54, 1.807) is 4.31 Å². The topological polar surface area (TPSA) is 84.9 Å². The van der Waals surface area contributed by atoms with Crippen LogP contribution in [0, 0.1) is 0 Å². The van der Waals surface area contributed by atoms with E-state index in [4.69, 9.17) is 9.47 Å². The molecular formula is C15H22N4O4S. The summed E-state index contributed by atoms with van der Waals surface area (Å²) in [7, 11) is -3.12. The van der Waals surface area contributed by atoms with Gasteiger partial charge in [-0.25, -0.2) is 18.4 Å². The molecule has 4 rings (SSSR count). The van der Waals surface area contributed by atoms with Gasteiger partial charge in [-0.3, -0.25) is 0 Å². The van der Waals surface area contributed by atoms with Crippen LogP contribution in [0.15, 0.2) is 12.4 Å². The van der Waals surface area contributed by atoms with E-state index < -0.39 is 10.0 Å². The van der Waals surface area contributed by atoms with Crippen molar-refractivity contribution in [2.75, 3.05) is 44.3 Å². The van der Waals surface area contributed by atoms with Crippen LogP contribution in [0.25, 0.3) is 0 Å². The fourth-order valence-electron chi connectivity index (χ4n) is 3.13. The highest BCUT2D eigenvalue weighted by atomic mass is 32.2. The summed E-state index contributed by atoms with van der Waals surface area (Å²) >= 11 is 0. The van der Waals surface area contributed by atoms with E-state index in [-0.39, 0.29) is 11.4 Å². The lowest BCUT2D eigenvalue weighted by Gasteiger charge is -2.27. The average Bonchev–Trinajstić information content (AvgIpc) is 3.37. The van der Waals surface area contributed by atoms with Crippen LogP contribution in [0.3, 0.4) is 0 Å². The molecule has 3 heterocycles. The normalized spacial score (nSPS) is 25.8. The van der Waals surface area contributed by atoms with Gasteiger partial charge in [0.2, 0.25) is 15.9 Å². The molecule has 8 nitrogen and oxygen atoms in total. The van der Waals surface area contributed by atoms with Gasteiger partial charge in [-0.1, -0.05) is 0 Å². The first-order valence-electron chi connectivity index (χ1n) is 8.43. The first-order valence-corrected chi connectivity index (χ1v) is 9.93. The first-order chi connectivity index (χ1) is 11.6. The number of aromatic nitrogens is 2. The highest BCUT2D eigenvalue weighted by molar-refractivity contribution is 7.90. The van der Waals surface area contributed by atoms with Crippen molar-refractivity contribution in [2.45, 2.75) is 30.6 Å². The standard InChI is InChI=1S/C15H22N4O4S/c20-24(21,13-1-2-13)19-4-3-12(10-19)23-15-9-14(16-11-17-15)18-5-7-22-8-6-18/h9,11-13H,1-8,10H2/t12-/m0/s1. The van der Waals surface area contributed by atoms with Crippen molar-refractivity contribution < 1.29 is 17.9 Å². The molecule has 2 saturated heterocycles. The molecule has 3 aliphatic rings. The molecule has 0 aromatic carbocycles. The van der Waals surface area contributed by atoms with Crippen molar-refractivity contribution in [3.63, 3.8) is 0 Å². The molecular weight excluding hydrogens is 332 g/mol. The van der Waals surface area contributed by atoms with Crippen LogP contribution in [0.4, 0.5) is 5.82 Å². The van der Waals surface area contributed by atoms with E-state index in [2.05, 4.69) is 14.9 Å². The van der Waals surface area contributed by atoms with Gasteiger partial charge < -0.3 is 14.4 Å². The summed E-state index contributed by atoms with van der Waals surface area (Å²) < 4.78 is 37.4. The molecule has 1 aromatic rings. The summed E-state index contributed by atoms with van der Waals surface area (Å²) in [4.78, 5) is 10.6. The van der Waals surface area contributed by atoms with Crippen LogP contribution in [0.1, 0.15) is 19.3 Å². The number of hydrogen-bond donors (Lipinski definition) is 0. The summed E-state index contributed by atoms with van der Waals surface area (Å²) in [5.41, 5.74) is 0. The van der Waals surface area contributed by atoms with Crippen LogP contribution in [-0.4, -0.2) is 73.4 Å². The van der Waals surface area contributed by atoms with Gasteiger partial charge in [0.1, 0.15) is 18.2 Å². The summed E-state index contributed by atoms with van der Waals surface area (Å²) in [5.74, 6) is 1.32. The highest BCUT2D eigenvalue weighted by Gasteiger charge is 2.43. The molecule has 1 aromatic heterocycles. The number of anilines is 1. The molecule has 0 amide bonds. The molecule has 1 saturated carbocycles. The maximum absolute atomic E-state index is 12.3. The first kappa shape index (κ1) is 16.0. The van der Waals surface area contributed by atoms with Crippen LogP contribution < -0.4 is 9.64 Å². The molecule has 3 fully saturated rings. The van der Waals surface area contributed by atoms with E-state index in [9.17, 15) is 8.42 Å². The summed E-state index contributed by atoms with van der Waals surface area (Å²) in [6.07, 6.45) is 3.63. The van der Waals surface area contributed by atoms with E-state index in [1.165, 1.54) is 6.33 Å². The fourth-order valence-corrected chi connectivity index (χ4v) is 5.02. The maximum Gasteiger partial charge on any atom is 0.218 e. The van der Waals surface area contributed by atoms with Crippen molar-refractivity contribution in [3.05, 3.63) is 12.4 Å². The van der Waals surface area contributed by atoms with Crippen molar-refractivity contribution in [3.8, 4) is 5.88 Å². The highest BCUT2D eigenvalue weighted by Crippen LogP contribution is 2.33. The minimum absolute atomic E-state index is 0.147. The molecule has 0 bridgehead atoms. The zero-order valence-electron chi connectivity index (χ0n) is 13.5. The third-order valence-electron chi connectivity index (χ3n) is 4.66. The largest absolute Gasteiger partial charge is 0.473 e. The van der Waals surface area contributed by atoms with Crippen LogP contribution in [-0.2, 0) is 14.8 Å². The van der Waals surface area contributed by atoms with Crippen molar-refractivity contribution in [1.82, 2.24) is 14.3 Å². The second kappa shape index (κ2) is 6.45. The van der Waals surface area contributed by atoms with Crippen LogP contribution in [0.2, 0.25) is 0 Å². The maximum atomic E-state index is 12.3. The van der Waals surface area contributed by atoms with Crippen molar-refractivity contribution in [1.29, 1.82) is 0 Å². The van der Waals surface area contributed by atoms with Gasteiger partial charge in [0, 0.05) is 25.7 Å². The van der Waals surface area contributed by atoms with E-state index >= 15 is 0 Å². The van der Waals surface area contributed by atoms with Gasteiger partial charge in [0.15, 0.2) is 0 Å². The van der Waals surface area contributed by atoms with Gasteiger partial charge in [0.05, 0.1) is 25.0 Å². The number of ether oxygens (including phenoxy) is 2. The van der Waals surface area contributed by atoms with Crippen molar-refractivity contribution >= 4 is 15.8 Å². The Balaban J connectivity index is 1.39. The molecule has 132 valence electrons.